The van der Waals surface area contributed by atoms with E-state index in [1.54, 1.807) is 11.3 Å². The topological polar surface area (TPSA) is 44.9 Å². The van der Waals surface area contributed by atoms with Crippen LogP contribution in [-0.2, 0) is 11.2 Å². The summed E-state index contributed by atoms with van der Waals surface area (Å²) in [5.74, 6) is -0.00421. The van der Waals surface area contributed by atoms with Crippen LogP contribution in [0, 0.1) is 0 Å². The highest BCUT2D eigenvalue weighted by molar-refractivity contribution is 7.10. The van der Waals surface area contributed by atoms with Gasteiger partial charge in [-0.05, 0) is 53.4 Å². The highest BCUT2D eigenvalue weighted by Crippen LogP contribution is 2.27. The maximum Gasteiger partial charge on any atom is 0.229 e. The maximum absolute atomic E-state index is 12.1. The van der Waals surface area contributed by atoms with E-state index >= 15 is 0 Å². The molecule has 2 aromatic carbocycles. The average Bonchev–Trinajstić information content (AvgIpc) is 3.24. The summed E-state index contributed by atoms with van der Waals surface area (Å²) in [7, 11) is 0. The second-order valence-corrected chi connectivity index (χ2v) is 7.26. The molecular weight excluding hydrogens is 352 g/mol. The zero-order chi connectivity index (χ0) is 17.2. The van der Waals surface area contributed by atoms with Crippen LogP contribution in [0.3, 0.4) is 0 Å². The van der Waals surface area contributed by atoms with Crippen molar-refractivity contribution in [2.45, 2.75) is 6.42 Å². The molecule has 2 N–H and O–H groups in total. The predicted octanol–water partition coefficient (Wildman–Crippen LogP) is 5.73. The fourth-order valence-electron chi connectivity index (χ4n) is 2.77. The first-order chi connectivity index (χ1) is 12.2. The molecular formula is C20H15ClN2OS. The fourth-order valence-corrected chi connectivity index (χ4v) is 3.65. The van der Waals surface area contributed by atoms with Crippen LogP contribution in [-0.4, -0.2) is 10.9 Å². The van der Waals surface area contributed by atoms with Gasteiger partial charge in [0, 0.05) is 32.2 Å². The van der Waals surface area contributed by atoms with Crippen LogP contribution >= 0.6 is 22.9 Å². The molecule has 4 rings (SSSR count). The van der Waals surface area contributed by atoms with Gasteiger partial charge in [-0.25, -0.2) is 0 Å². The van der Waals surface area contributed by atoms with Gasteiger partial charge in [0.25, 0.3) is 0 Å². The molecule has 2 heterocycles. The number of hydrogen-bond donors (Lipinski definition) is 2. The van der Waals surface area contributed by atoms with Crippen molar-refractivity contribution in [2.75, 3.05) is 5.32 Å². The molecule has 0 aliphatic rings. The molecule has 5 heteroatoms. The largest absolute Gasteiger partial charge is 0.355 e. The van der Waals surface area contributed by atoms with Crippen LogP contribution in [0.25, 0.3) is 22.2 Å². The molecule has 1 amide bonds. The van der Waals surface area contributed by atoms with Gasteiger partial charge in [0.05, 0.1) is 6.42 Å². The van der Waals surface area contributed by atoms with E-state index in [1.165, 1.54) is 0 Å². The third-order valence-electron chi connectivity index (χ3n) is 3.98. The van der Waals surface area contributed by atoms with Gasteiger partial charge in [-0.1, -0.05) is 29.8 Å². The first kappa shape index (κ1) is 15.9. The Hall–Kier alpha value is -2.56. The lowest BCUT2D eigenvalue weighted by Gasteiger charge is -2.05. The molecule has 0 spiro atoms. The van der Waals surface area contributed by atoms with Crippen molar-refractivity contribution in [3.8, 4) is 11.3 Å². The minimum Gasteiger partial charge on any atom is -0.355 e. The van der Waals surface area contributed by atoms with E-state index in [2.05, 4.69) is 16.4 Å². The Balaban J connectivity index is 1.50. The number of H-pyrrole nitrogens is 1. The van der Waals surface area contributed by atoms with Crippen molar-refractivity contribution >= 4 is 45.4 Å². The maximum atomic E-state index is 12.1. The molecule has 0 aliphatic heterocycles. The quantitative estimate of drug-likeness (QED) is 0.476. The molecule has 0 saturated carbocycles. The molecule has 3 nitrogen and oxygen atoms in total. The normalized spacial score (nSPS) is 10.9. The lowest BCUT2D eigenvalue weighted by atomic mass is 10.1. The molecule has 4 aromatic rings. The Kier molecular flexibility index (Phi) is 4.30. The highest BCUT2D eigenvalue weighted by Gasteiger charge is 2.07. The van der Waals surface area contributed by atoms with Crippen molar-refractivity contribution in [3.63, 3.8) is 0 Å². The number of carbonyl (C=O) groups is 1. The standard InChI is InChI=1S/C20H15ClN2OS/c21-15-5-8-18-14(10-15)11-19(23-18)13-3-6-16(7-4-13)22-20(24)12-17-2-1-9-25-17/h1-11,23H,12H2,(H,22,24). The average molecular weight is 367 g/mol. The van der Waals surface area contributed by atoms with Crippen LogP contribution in [0.2, 0.25) is 5.02 Å². The zero-order valence-electron chi connectivity index (χ0n) is 13.3. The van der Waals surface area contributed by atoms with Crippen molar-refractivity contribution in [3.05, 3.63) is 75.9 Å². The number of aromatic nitrogens is 1. The lowest BCUT2D eigenvalue weighted by molar-refractivity contribution is -0.115. The summed E-state index contributed by atoms with van der Waals surface area (Å²) < 4.78 is 0. The van der Waals surface area contributed by atoms with Gasteiger partial charge in [-0.2, -0.15) is 0 Å². The molecule has 0 bridgehead atoms. The number of halogens is 1. The third-order valence-corrected chi connectivity index (χ3v) is 5.09. The Morgan fingerprint density at radius 1 is 1.08 bits per heavy atom. The summed E-state index contributed by atoms with van der Waals surface area (Å²) in [6.45, 7) is 0. The zero-order valence-corrected chi connectivity index (χ0v) is 14.8. The summed E-state index contributed by atoms with van der Waals surface area (Å²) in [5.41, 5.74) is 3.93. The van der Waals surface area contributed by atoms with Gasteiger partial charge in [0.1, 0.15) is 0 Å². The summed E-state index contributed by atoms with van der Waals surface area (Å²) in [6.07, 6.45) is 0.405. The Morgan fingerprint density at radius 2 is 1.92 bits per heavy atom. The van der Waals surface area contributed by atoms with Crippen LogP contribution in [0.4, 0.5) is 5.69 Å². The van der Waals surface area contributed by atoms with Crippen molar-refractivity contribution in [1.82, 2.24) is 4.98 Å². The number of anilines is 1. The molecule has 0 fully saturated rings. The number of rotatable bonds is 4. The van der Waals surface area contributed by atoms with E-state index in [4.69, 9.17) is 11.6 Å². The van der Waals surface area contributed by atoms with Crippen molar-refractivity contribution in [2.24, 2.45) is 0 Å². The van der Waals surface area contributed by atoms with E-state index in [1.807, 2.05) is 60.0 Å². The summed E-state index contributed by atoms with van der Waals surface area (Å²) in [5, 5.41) is 6.71. The van der Waals surface area contributed by atoms with E-state index in [0.717, 1.165) is 37.7 Å². The van der Waals surface area contributed by atoms with Crippen LogP contribution in [0.15, 0.2) is 66.0 Å². The van der Waals surface area contributed by atoms with Gasteiger partial charge in [0.15, 0.2) is 0 Å². The molecule has 2 aromatic heterocycles. The van der Waals surface area contributed by atoms with Gasteiger partial charge in [0.2, 0.25) is 5.91 Å². The van der Waals surface area contributed by atoms with Crippen LogP contribution in [0.5, 0.6) is 0 Å². The molecule has 0 atom stereocenters. The van der Waals surface area contributed by atoms with Crippen LogP contribution in [0.1, 0.15) is 4.88 Å². The number of nitrogens with one attached hydrogen (secondary N) is 2. The van der Waals surface area contributed by atoms with Crippen LogP contribution < -0.4 is 5.32 Å². The summed E-state index contributed by atoms with van der Waals surface area (Å²) in [4.78, 5) is 16.5. The SMILES string of the molecule is O=C(Cc1cccs1)Nc1ccc(-c2cc3cc(Cl)ccc3[nH]2)cc1. The molecule has 25 heavy (non-hydrogen) atoms. The van der Waals surface area contributed by atoms with Gasteiger partial charge >= 0.3 is 0 Å². The number of fused-ring (bicyclic) bond motifs is 1. The monoisotopic (exact) mass is 366 g/mol. The molecule has 0 saturated heterocycles. The van der Waals surface area contributed by atoms with Gasteiger partial charge in [-0.3, -0.25) is 4.79 Å². The molecule has 124 valence electrons. The number of thiophene rings is 1. The number of carbonyl (C=O) groups excluding carboxylic acids is 1. The summed E-state index contributed by atoms with van der Waals surface area (Å²) in [6, 6.07) is 19.6. The minimum absolute atomic E-state index is 0.00421. The van der Waals surface area contributed by atoms with E-state index in [-0.39, 0.29) is 5.91 Å². The first-order valence-electron chi connectivity index (χ1n) is 7.88. The van der Waals surface area contributed by atoms with E-state index in [0.29, 0.717) is 6.42 Å². The minimum atomic E-state index is -0.00421. The Bertz CT molecular complexity index is 1020. The fraction of sp³-hybridized carbons (Fsp3) is 0.0500. The Morgan fingerprint density at radius 3 is 2.68 bits per heavy atom. The first-order valence-corrected chi connectivity index (χ1v) is 9.14. The van der Waals surface area contributed by atoms with Crippen molar-refractivity contribution < 1.29 is 4.79 Å². The van der Waals surface area contributed by atoms with E-state index < -0.39 is 0 Å². The number of amides is 1. The second kappa shape index (κ2) is 6.75. The van der Waals surface area contributed by atoms with Gasteiger partial charge in [-0.15, -0.1) is 11.3 Å². The predicted molar refractivity (Wildman–Crippen MR) is 105 cm³/mol. The number of aromatic amines is 1. The van der Waals surface area contributed by atoms with E-state index in [9.17, 15) is 4.79 Å². The van der Waals surface area contributed by atoms with Gasteiger partial charge < -0.3 is 10.3 Å². The third kappa shape index (κ3) is 3.60. The summed E-state index contributed by atoms with van der Waals surface area (Å²) >= 11 is 7.63. The molecule has 0 aliphatic carbocycles. The number of hydrogen-bond acceptors (Lipinski definition) is 2. The number of benzene rings is 2. The second-order valence-electron chi connectivity index (χ2n) is 5.80. The lowest BCUT2D eigenvalue weighted by Crippen LogP contribution is -2.13. The van der Waals surface area contributed by atoms with Crippen molar-refractivity contribution in [1.29, 1.82) is 0 Å². The molecule has 0 radical (unpaired) electrons. The highest BCUT2D eigenvalue weighted by atomic mass is 35.5. The smallest absolute Gasteiger partial charge is 0.229 e. The Labute approximate surface area is 154 Å². The molecule has 0 unspecified atom stereocenters.